The summed E-state index contributed by atoms with van der Waals surface area (Å²) in [4.78, 5) is 29.0. The van der Waals surface area contributed by atoms with E-state index in [1.165, 1.54) is 0 Å². The fourth-order valence-electron chi connectivity index (χ4n) is 2.74. The minimum atomic E-state index is -1.21. The van der Waals surface area contributed by atoms with E-state index in [9.17, 15) is 14.7 Å². The smallest absolute Gasteiger partial charge is 0.340 e. The lowest BCUT2D eigenvalue weighted by molar-refractivity contribution is 0.0518. The number of rotatable bonds is 8. The molecule has 0 bridgehead atoms. The summed E-state index contributed by atoms with van der Waals surface area (Å²) in [5.74, 6) is -1.90. The summed E-state index contributed by atoms with van der Waals surface area (Å²) in [6, 6.07) is 6.70. The number of nitrogens with two attached hydrogens (primary N) is 1. The van der Waals surface area contributed by atoms with Crippen molar-refractivity contribution in [2.24, 2.45) is 5.73 Å². The van der Waals surface area contributed by atoms with Gasteiger partial charge in [0.1, 0.15) is 0 Å². The highest BCUT2D eigenvalue weighted by atomic mass is 35.5. The van der Waals surface area contributed by atoms with Gasteiger partial charge >= 0.3 is 11.9 Å². The van der Waals surface area contributed by atoms with Crippen molar-refractivity contribution >= 4 is 23.5 Å². The SMILES string of the molecule is CCOC(=O)c1c(COCCN)nc(C)c(C(=O)O)c1-c1ccccc1Cl. The number of aryl methyl sites for hydroxylation is 1. The third kappa shape index (κ3) is 4.63. The van der Waals surface area contributed by atoms with Gasteiger partial charge in [-0.25, -0.2) is 9.59 Å². The summed E-state index contributed by atoms with van der Waals surface area (Å²) in [5, 5.41) is 10.1. The topological polar surface area (TPSA) is 112 Å². The normalized spacial score (nSPS) is 10.7. The first-order valence-electron chi connectivity index (χ1n) is 8.38. The third-order valence-corrected chi connectivity index (χ3v) is 4.12. The van der Waals surface area contributed by atoms with Crippen LogP contribution in [0.1, 0.15) is 39.0 Å². The molecule has 0 amide bonds. The molecular formula is C19H21ClN2O5. The molecule has 8 heteroatoms. The largest absolute Gasteiger partial charge is 0.478 e. The van der Waals surface area contributed by atoms with Gasteiger partial charge in [0, 0.05) is 22.7 Å². The fraction of sp³-hybridized carbons (Fsp3) is 0.316. The second-order valence-corrected chi connectivity index (χ2v) is 6.02. The van der Waals surface area contributed by atoms with Crippen molar-refractivity contribution < 1.29 is 24.2 Å². The monoisotopic (exact) mass is 392 g/mol. The number of benzene rings is 1. The van der Waals surface area contributed by atoms with Crippen LogP contribution in [0.25, 0.3) is 11.1 Å². The van der Waals surface area contributed by atoms with Crippen LogP contribution in [0.5, 0.6) is 0 Å². The number of hydrogen-bond acceptors (Lipinski definition) is 6. The zero-order valence-corrected chi connectivity index (χ0v) is 15.9. The Hall–Kier alpha value is -2.48. The Bertz CT molecular complexity index is 854. The van der Waals surface area contributed by atoms with Gasteiger partial charge in [0.15, 0.2) is 0 Å². The fourth-order valence-corrected chi connectivity index (χ4v) is 2.97. The highest BCUT2D eigenvalue weighted by Gasteiger charge is 2.29. The van der Waals surface area contributed by atoms with Crippen molar-refractivity contribution in [2.75, 3.05) is 19.8 Å². The van der Waals surface area contributed by atoms with Gasteiger partial charge in [0.25, 0.3) is 0 Å². The molecule has 0 aliphatic rings. The summed E-state index contributed by atoms with van der Waals surface area (Å²) in [6.45, 7) is 3.91. The van der Waals surface area contributed by atoms with Crippen LogP contribution in [0.4, 0.5) is 0 Å². The first-order chi connectivity index (χ1) is 12.9. The van der Waals surface area contributed by atoms with Crippen molar-refractivity contribution in [1.29, 1.82) is 0 Å². The number of ether oxygens (including phenoxy) is 2. The van der Waals surface area contributed by atoms with Crippen molar-refractivity contribution in [3.63, 3.8) is 0 Å². The number of halogens is 1. The maximum atomic E-state index is 12.7. The summed E-state index contributed by atoms with van der Waals surface area (Å²) in [6.07, 6.45) is 0. The highest BCUT2D eigenvalue weighted by molar-refractivity contribution is 6.34. The zero-order chi connectivity index (χ0) is 20.0. The second-order valence-electron chi connectivity index (χ2n) is 5.62. The van der Waals surface area contributed by atoms with Crippen LogP contribution in [0.15, 0.2) is 24.3 Å². The summed E-state index contributed by atoms with van der Waals surface area (Å²) < 4.78 is 10.6. The quantitative estimate of drug-likeness (QED) is 0.524. The van der Waals surface area contributed by atoms with Crippen molar-refractivity contribution in [3.05, 3.63) is 51.8 Å². The molecule has 0 saturated heterocycles. The maximum absolute atomic E-state index is 12.7. The molecule has 0 aliphatic heterocycles. The van der Waals surface area contributed by atoms with Gasteiger partial charge in [0.05, 0.1) is 42.3 Å². The molecule has 27 heavy (non-hydrogen) atoms. The Kier molecular flexibility index (Phi) is 7.29. The number of hydrogen-bond donors (Lipinski definition) is 2. The van der Waals surface area contributed by atoms with Crippen molar-refractivity contribution in [1.82, 2.24) is 4.98 Å². The Morgan fingerprint density at radius 1 is 1.26 bits per heavy atom. The van der Waals surface area contributed by atoms with E-state index in [0.29, 0.717) is 17.1 Å². The van der Waals surface area contributed by atoms with Crippen molar-refractivity contribution in [2.45, 2.75) is 20.5 Å². The molecular weight excluding hydrogens is 372 g/mol. The number of aromatic carboxylic acids is 1. The molecule has 144 valence electrons. The van der Waals surface area contributed by atoms with Crippen LogP contribution in [0, 0.1) is 6.92 Å². The molecule has 0 fully saturated rings. The summed E-state index contributed by atoms with van der Waals surface area (Å²) in [7, 11) is 0. The van der Waals surface area contributed by atoms with Gasteiger partial charge in [-0.15, -0.1) is 0 Å². The molecule has 2 rings (SSSR count). The number of aromatic nitrogens is 1. The predicted octanol–water partition coefficient (Wildman–Crippen LogP) is 3.06. The van der Waals surface area contributed by atoms with E-state index in [-0.39, 0.29) is 47.9 Å². The minimum Gasteiger partial charge on any atom is -0.478 e. The molecule has 0 saturated carbocycles. The Morgan fingerprint density at radius 2 is 1.96 bits per heavy atom. The average Bonchev–Trinajstić information content (AvgIpc) is 2.61. The second kappa shape index (κ2) is 9.45. The van der Waals surface area contributed by atoms with E-state index in [1.54, 1.807) is 38.1 Å². The molecule has 3 N–H and O–H groups in total. The van der Waals surface area contributed by atoms with E-state index >= 15 is 0 Å². The molecule has 1 aromatic carbocycles. The van der Waals surface area contributed by atoms with E-state index in [0.717, 1.165) is 0 Å². The lowest BCUT2D eigenvalue weighted by Crippen LogP contribution is -2.19. The third-order valence-electron chi connectivity index (χ3n) is 3.79. The van der Waals surface area contributed by atoms with Gasteiger partial charge in [-0.1, -0.05) is 29.8 Å². The predicted molar refractivity (Wildman–Crippen MR) is 101 cm³/mol. The van der Waals surface area contributed by atoms with E-state index in [4.69, 9.17) is 26.8 Å². The van der Waals surface area contributed by atoms with Crippen LogP contribution in [0.2, 0.25) is 5.02 Å². The molecule has 0 unspecified atom stereocenters. The van der Waals surface area contributed by atoms with Crippen LogP contribution >= 0.6 is 11.6 Å². The Labute approximate surface area is 162 Å². The van der Waals surface area contributed by atoms with Crippen LogP contribution < -0.4 is 5.73 Å². The molecule has 0 atom stereocenters. The summed E-state index contributed by atoms with van der Waals surface area (Å²) >= 11 is 6.31. The van der Waals surface area contributed by atoms with Gasteiger partial charge in [0.2, 0.25) is 0 Å². The minimum absolute atomic E-state index is 0.0104. The molecule has 0 spiro atoms. The Balaban J connectivity index is 2.83. The first kappa shape index (κ1) is 20.8. The number of nitrogens with zero attached hydrogens (tertiary/aromatic N) is 1. The van der Waals surface area contributed by atoms with Gasteiger partial charge in [-0.05, 0) is 19.9 Å². The molecule has 7 nitrogen and oxygen atoms in total. The van der Waals surface area contributed by atoms with Gasteiger partial charge in [-0.3, -0.25) is 4.98 Å². The number of carbonyl (C=O) groups is 2. The zero-order valence-electron chi connectivity index (χ0n) is 15.1. The number of carboxylic acid groups (broad SMARTS) is 1. The standard InChI is InChI=1S/C19H21ClN2O5/c1-3-27-19(25)17-14(10-26-9-8-21)22-11(2)15(18(23)24)16(17)12-6-4-5-7-13(12)20/h4-7H,3,8-10,21H2,1-2H3,(H,23,24). The van der Waals surface area contributed by atoms with Crippen molar-refractivity contribution in [3.8, 4) is 11.1 Å². The number of carboxylic acids is 1. The van der Waals surface area contributed by atoms with E-state index in [1.807, 2.05) is 0 Å². The van der Waals surface area contributed by atoms with Gasteiger partial charge < -0.3 is 20.3 Å². The highest BCUT2D eigenvalue weighted by Crippen LogP contribution is 2.36. The number of pyridine rings is 1. The van der Waals surface area contributed by atoms with E-state index in [2.05, 4.69) is 4.98 Å². The maximum Gasteiger partial charge on any atom is 0.340 e. The van der Waals surface area contributed by atoms with E-state index < -0.39 is 11.9 Å². The Morgan fingerprint density at radius 3 is 2.56 bits per heavy atom. The van der Waals surface area contributed by atoms with Crippen LogP contribution in [-0.4, -0.2) is 41.8 Å². The van der Waals surface area contributed by atoms with Crippen LogP contribution in [-0.2, 0) is 16.1 Å². The molecule has 1 aromatic heterocycles. The van der Waals surface area contributed by atoms with Gasteiger partial charge in [-0.2, -0.15) is 0 Å². The molecule has 0 aliphatic carbocycles. The average molecular weight is 393 g/mol. The summed E-state index contributed by atoms with van der Waals surface area (Å²) in [5.41, 5.74) is 6.47. The molecule has 2 aromatic rings. The lowest BCUT2D eigenvalue weighted by atomic mass is 9.92. The first-order valence-corrected chi connectivity index (χ1v) is 8.76. The number of esters is 1. The number of carbonyl (C=O) groups excluding carboxylic acids is 1. The molecule has 1 heterocycles. The van der Waals surface area contributed by atoms with Crippen LogP contribution in [0.3, 0.4) is 0 Å². The molecule has 0 radical (unpaired) electrons. The lowest BCUT2D eigenvalue weighted by Gasteiger charge is -2.18.